The average Bonchev–Trinajstić information content (AvgIpc) is 3.30. The number of para-hydroxylation sites is 1. The van der Waals surface area contributed by atoms with Crippen LogP contribution in [0.15, 0.2) is 71.9 Å². The van der Waals surface area contributed by atoms with Gasteiger partial charge < -0.3 is 15.4 Å². The number of benzene rings is 3. The maximum absolute atomic E-state index is 12.7. The van der Waals surface area contributed by atoms with E-state index in [1.165, 1.54) is 18.7 Å². The molecule has 0 fully saturated rings. The van der Waals surface area contributed by atoms with Gasteiger partial charge in [0.25, 0.3) is 0 Å². The molecule has 0 radical (unpaired) electrons. The van der Waals surface area contributed by atoms with Crippen LogP contribution in [0, 0.1) is 6.92 Å². The molecule has 0 saturated carbocycles. The van der Waals surface area contributed by atoms with Crippen LogP contribution in [0.3, 0.4) is 0 Å². The van der Waals surface area contributed by atoms with Crippen LogP contribution in [0.2, 0.25) is 5.02 Å². The van der Waals surface area contributed by atoms with Gasteiger partial charge in [-0.05, 0) is 55.0 Å². The summed E-state index contributed by atoms with van der Waals surface area (Å²) in [4.78, 5) is 24.1. The third-order valence-electron chi connectivity index (χ3n) is 5.42. The first-order chi connectivity index (χ1) is 17.9. The second kappa shape index (κ2) is 11.9. The smallest absolute Gasteiger partial charge is 0.230 e. The third kappa shape index (κ3) is 6.49. The Morgan fingerprint density at radius 3 is 2.54 bits per heavy atom. The van der Waals surface area contributed by atoms with Gasteiger partial charge in [-0.3, -0.25) is 14.2 Å². The monoisotopic (exact) mass is 535 g/mol. The van der Waals surface area contributed by atoms with Crippen molar-refractivity contribution in [3.05, 3.63) is 82.9 Å². The Kier molecular flexibility index (Phi) is 8.47. The number of nitrogens with one attached hydrogen (secondary N) is 2. The van der Waals surface area contributed by atoms with Crippen molar-refractivity contribution in [3.8, 4) is 22.8 Å². The molecule has 37 heavy (non-hydrogen) atoms. The summed E-state index contributed by atoms with van der Waals surface area (Å²) in [6.07, 6.45) is 0. The van der Waals surface area contributed by atoms with Crippen LogP contribution in [0.1, 0.15) is 18.1 Å². The lowest BCUT2D eigenvalue weighted by atomic mass is 10.1. The molecular weight excluding hydrogens is 510 g/mol. The number of methoxy groups -OCH3 is 1. The van der Waals surface area contributed by atoms with Gasteiger partial charge in [-0.25, -0.2) is 0 Å². The van der Waals surface area contributed by atoms with Crippen LogP contribution in [0.4, 0.5) is 5.69 Å². The lowest BCUT2D eigenvalue weighted by Gasteiger charge is -2.13. The van der Waals surface area contributed by atoms with E-state index in [-0.39, 0.29) is 24.1 Å². The zero-order valence-corrected chi connectivity index (χ0v) is 22.2. The molecule has 0 saturated heterocycles. The van der Waals surface area contributed by atoms with Gasteiger partial charge in [0.15, 0.2) is 11.0 Å². The number of hydrogen-bond acceptors (Lipinski definition) is 6. The van der Waals surface area contributed by atoms with Crippen LogP contribution >= 0.6 is 23.4 Å². The first kappa shape index (κ1) is 26.2. The zero-order valence-electron chi connectivity index (χ0n) is 20.6. The van der Waals surface area contributed by atoms with Gasteiger partial charge in [-0.2, -0.15) is 0 Å². The quantitative estimate of drug-likeness (QED) is 0.283. The van der Waals surface area contributed by atoms with E-state index in [1.807, 2.05) is 60.0 Å². The number of thioether (sulfide) groups is 1. The lowest BCUT2D eigenvalue weighted by Crippen LogP contribution is -2.25. The highest BCUT2D eigenvalue weighted by atomic mass is 35.5. The summed E-state index contributed by atoms with van der Waals surface area (Å²) in [6.45, 7) is 3.66. The number of hydrogen-bond donors (Lipinski definition) is 2. The first-order valence-corrected chi connectivity index (χ1v) is 12.8. The Bertz CT molecular complexity index is 1430. The van der Waals surface area contributed by atoms with Crippen LogP contribution in [0.5, 0.6) is 5.75 Å². The standard InChI is InChI=1S/C27H26ClN5O3S/c1-17-9-11-22(23(28)13-17)26-31-32-27(33(26)21-7-5-4-6-8-21)37-16-25(35)29-15-19-14-20(30-18(2)34)10-12-24(19)36-3/h4-14H,15-16H2,1-3H3,(H,29,35)(H,30,34). The van der Waals surface area contributed by atoms with Gasteiger partial charge in [0.2, 0.25) is 11.8 Å². The number of aryl methyl sites for hydroxylation is 1. The SMILES string of the molecule is COc1ccc(NC(C)=O)cc1CNC(=O)CSc1nnc(-c2ccc(C)cc2Cl)n1-c1ccccc1. The van der Waals surface area contributed by atoms with E-state index in [0.29, 0.717) is 27.4 Å². The largest absolute Gasteiger partial charge is 0.496 e. The van der Waals surface area contributed by atoms with E-state index < -0.39 is 0 Å². The molecule has 0 aliphatic rings. The van der Waals surface area contributed by atoms with Crippen LogP contribution in [-0.4, -0.2) is 39.4 Å². The van der Waals surface area contributed by atoms with Crippen LogP contribution in [-0.2, 0) is 16.1 Å². The molecule has 4 rings (SSSR count). The topological polar surface area (TPSA) is 98.1 Å². The fourth-order valence-corrected chi connectivity index (χ4v) is 4.82. The number of carbonyl (C=O) groups is 2. The number of nitrogens with zero attached hydrogens (tertiary/aromatic N) is 3. The van der Waals surface area contributed by atoms with Gasteiger partial charge in [0.1, 0.15) is 5.75 Å². The molecular formula is C27H26ClN5O3S. The van der Waals surface area contributed by atoms with E-state index >= 15 is 0 Å². The first-order valence-electron chi connectivity index (χ1n) is 11.5. The molecule has 0 aliphatic heterocycles. The van der Waals surface area contributed by atoms with Crippen molar-refractivity contribution in [3.63, 3.8) is 0 Å². The second-order valence-corrected chi connectivity index (χ2v) is 9.58. The maximum atomic E-state index is 12.7. The molecule has 3 aromatic carbocycles. The van der Waals surface area contributed by atoms with Gasteiger partial charge >= 0.3 is 0 Å². The fraction of sp³-hybridized carbons (Fsp3) is 0.185. The summed E-state index contributed by atoms with van der Waals surface area (Å²) < 4.78 is 7.29. The Hall–Kier alpha value is -3.82. The Balaban J connectivity index is 1.51. The number of halogens is 1. The fourth-order valence-electron chi connectivity index (χ4n) is 3.72. The normalized spacial score (nSPS) is 10.7. The molecule has 1 heterocycles. The predicted octanol–water partition coefficient (Wildman–Crippen LogP) is 5.27. The van der Waals surface area contributed by atoms with Crippen LogP contribution in [0.25, 0.3) is 17.1 Å². The Morgan fingerprint density at radius 2 is 1.84 bits per heavy atom. The number of ether oxygens (including phenoxy) is 1. The summed E-state index contributed by atoms with van der Waals surface area (Å²) >= 11 is 7.82. The molecule has 0 atom stereocenters. The summed E-state index contributed by atoms with van der Waals surface area (Å²) in [5.74, 6) is 0.976. The molecule has 8 nitrogen and oxygen atoms in total. The molecule has 2 N–H and O–H groups in total. The van der Waals surface area contributed by atoms with E-state index in [2.05, 4.69) is 20.8 Å². The lowest BCUT2D eigenvalue weighted by molar-refractivity contribution is -0.118. The zero-order chi connectivity index (χ0) is 26.4. The molecule has 0 unspecified atom stereocenters. The molecule has 10 heteroatoms. The number of amides is 2. The maximum Gasteiger partial charge on any atom is 0.230 e. The third-order valence-corrected chi connectivity index (χ3v) is 6.66. The van der Waals surface area contributed by atoms with Crippen molar-refractivity contribution in [2.75, 3.05) is 18.2 Å². The number of anilines is 1. The molecule has 0 aliphatic carbocycles. The molecule has 0 spiro atoms. The van der Waals surface area contributed by atoms with Crippen molar-refractivity contribution in [2.45, 2.75) is 25.5 Å². The van der Waals surface area contributed by atoms with E-state index in [1.54, 1.807) is 25.3 Å². The minimum absolute atomic E-state index is 0.125. The minimum Gasteiger partial charge on any atom is -0.496 e. The second-order valence-electron chi connectivity index (χ2n) is 8.23. The predicted molar refractivity (Wildman–Crippen MR) is 146 cm³/mol. The van der Waals surface area contributed by atoms with E-state index in [0.717, 1.165) is 22.4 Å². The van der Waals surface area contributed by atoms with Crippen molar-refractivity contribution >= 4 is 40.9 Å². The highest BCUT2D eigenvalue weighted by molar-refractivity contribution is 7.99. The van der Waals surface area contributed by atoms with Crippen molar-refractivity contribution in [1.29, 1.82) is 0 Å². The summed E-state index contributed by atoms with van der Waals surface area (Å²) in [5.41, 5.74) is 4.04. The number of aromatic nitrogens is 3. The van der Waals surface area contributed by atoms with Gasteiger partial charge in [0.05, 0.1) is 17.9 Å². The summed E-state index contributed by atoms with van der Waals surface area (Å²) in [6, 6.07) is 20.7. The van der Waals surface area contributed by atoms with E-state index in [9.17, 15) is 9.59 Å². The average molecular weight is 536 g/mol. The van der Waals surface area contributed by atoms with Crippen molar-refractivity contribution in [2.24, 2.45) is 0 Å². The summed E-state index contributed by atoms with van der Waals surface area (Å²) in [7, 11) is 1.56. The highest BCUT2D eigenvalue weighted by Crippen LogP contribution is 2.32. The molecule has 1 aromatic heterocycles. The van der Waals surface area contributed by atoms with E-state index in [4.69, 9.17) is 16.3 Å². The number of carbonyl (C=O) groups excluding carboxylic acids is 2. The Labute approximate surface area is 224 Å². The summed E-state index contributed by atoms with van der Waals surface area (Å²) in [5, 5.41) is 15.6. The van der Waals surface area contributed by atoms with Gasteiger partial charge in [-0.15, -0.1) is 10.2 Å². The highest BCUT2D eigenvalue weighted by Gasteiger charge is 2.19. The Morgan fingerprint density at radius 1 is 1.05 bits per heavy atom. The van der Waals surface area contributed by atoms with Gasteiger partial charge in [-0.1, -0.05) is 47.6 Å². The van der Waals surface area contributed by atoms with Crippen molar-refractivity contribution in [1.82, 2.24) is 20.1 Å². The molecule has 190 valence electrons. The van der Waals surface area contributed by atoms with Crippen LogP contribution < -0.4 is 15.4 Å². The van der Waals surface area contributed by atoms with Gasteiger partial charge in [0, 0.05) is 36.0 Å². The minimum atomic E-state index is -0.186. The van der Waals surface area contributed by atoms with Crippen molar-refractivity contribution < 1.29 is 14.3 Å². The molecule has 2 amide bonds. The number of rotatable bonds is 9. The molecule has 0 bridgehead atoms. The molecule has 4 aromatic rings.